The first-order valence-corrected chi connectivity index (χ1v) is 9.58. The van der Waals surface area contributed by atoms with Crippen molar-refractivity contribution in [2.45, 2.75) is 59.0 Å². The van der Waals surface area contributed by atoms with Gasteiger partial charge in [0.25, 0.3) is 5.91 Å². The van der Waals surface area contributed by atoms with Crippen molar-refractivity contribution in [2.75, 3.05) is 11.9 Å². The summed E-state index contributed by atoms with van der Waals surface area (Å²) in [6.45, 7) is 9.75. The zero-order valence-electron chi connectivity index (χ0n) is 16.6. The third-order valence-corrected chi connectivity index (χ3v) is 5.39. The van der Waals surface area contributed by atoms with Gasteiger partial charge in [-0.2, -0.15) is 5.10 Å². The van der Waals surface area contributed by atoms with Crippen molar-refractivity contribution in [3.05, 3.63) is 46.8 Å². The molecule has 1 aromatic heterocycles. The lowest BCUT2D eigenvalue weighted by molar-refractivity contribution is -0.916. The molecular weight excluding hydrogens is 324 g/mol. The number of quaternary nitrogens is 1. The fourth-order valence-corrected chi connectivity index (χ4v) is 3.47. The summed E-state index contributed by atoms with van der Waals surface area (Å²) in [5.41, 5.74) is 5.39. The summed E-state index contributed by atoms with van der Waals surface area (Å²) >= 11 is 0. The van der Waals surface area contributed by atoms with E-state index >= 15 is 0 Å². The van der Waals surface area contributed by atoms with Crippen LogP contribution in [0.4, 0.5) is 5.69 Å². The number of nitrogens with one attached hydrogen (secondary N) is 2. The van der Waals surface area contributed by atoms with Crippen LogP contribution in [0.15, 0.2) is 24.3 Å². The smallest absolute Gasteiger partial charge is 0.279 e. The van der Waals surface area contributed by atoms with Crippen LogP contribution in [0.25, 0.3) is 0 Å². The number of hydrogen-bond acceptors (Lipinski definition) is 2. The van der Waals surface area contributed by atoms with Crippen LogP contribution in [0.1, 0.15) is 55.1 Å². The van der Waals surface area contributed by atoms with Crippen LogP contribution in [0, 0.1) is 13.8 Å². The molecule has 5 heteroatoms. The molecule has 1 atom stereocenters. The molecule has 0 spiro atoms. The molecule has 1 heterocycles. The molecule has 26 heavy (non-hydrogen) atoms. The molecular formula is C21H31N4O+. The number of carbonyl (C=O) groups excluding carboxylic acids is 1. The predicted octanol–water partition coefficient (Wildman–Crippen LogP) is 2.35. The Morgan fingerprint density at radius 2 is 1.92 bits per heavy atom. The Balaban J connectivity index is 1.64. The Bertz CT molecular complexity index is 772. The summed E-state index contributed by atoms with van der Waals surface area (Å²) in [5.74, 6) is 0.623. The summed E-state index contributed by atoms with van der Waals surface area (Å²) < 4.78 is 1.81. The molecule has 0 radical (unpaired) electrons. The minimum atomic E-state index is 0.0740. The van der Waals surface area contributed by atoms with Gasteiger partial charge in [-0.05, 0) is 25.3 Å². The van der Waals surface area contributed by atoms with Crippen molar-refractivity contribution in [3.8, 4) is 0 Å². The highest BCUT2D eigenvalue weighted by Gasteiger charge is 2.34. The van der Waals surface area contributed by atoms with Crippen LogP contribution in [0.2, 0.25) is 0 Å². The van der Waals surface area contributed by atoms with Gasteiger partial charge in [-0.3, -0.25) is 9.48 Å². The van der Waals surface area contributed by atoms with E-state index in [1.165, 1.54) is 28.9 Å². The molecule has 1 unspecified atom stereocenters. The van der Waals surface area contributed by atoms with Crippen LogP contribution < -0.4 is 10.2 Å². The summed E-state index contributed by atoms with van der Waals surface area (Å²) in [7, 11) is 1.90. The minimum absolute atomic E-state index is 0.0740. The Kier molecular flexibility index (Phi) is 5.47. The van der Waals surface area contributed by atoms with E-state index in [1.54, 1.807) is 0 Å². The van der Waals surface area contributed by atoms with E-state index in [9.17, 15) is 4.79 Å². The van der Waals surface area contributed by atoms with Crippen LogP contribution in [0.3, 0.4) is 0 Å². The van der Waals surface area contributed by atoms with Crippen molar-refractivity contribution in [1.29, 1.82) is 0 Å². The number of rotatable bonds is 7. The molecule has 2 aromatic rings. The van der Waals surface area contributed by atoms with Gasteiger partial charge in [0.1, 0.15) is 6.54 Å². The van der Waals surface area contributed by atoms with Crippen LogP contribution >= 0.6 is 0 Å². The van der Waals surface area contributed by atoms with E-state index in [0.717, 1.165) is 23.6 Å². The topological polar surface area (TPSA) is 51.4 Å². The number of benzene rings is 1. The Morgan fingerprint density at radius 1 is 1.27 bits per heavy atom. The molecule has 0 saturated heterocycles. The average molecular weight is 356 g/mol. The molecule has 1 amide bonds. The standard InChI is InChI=1S/C21H30N4O/c1-14(2)18-8-6-17(7-9-18)12-25(19-10-11-19)13-20(26)22-21-15(3)23-24(5)16(21)4/h6-9,14,19H,10-13H2,1-5H3,(H,22,26)/p+1. The second kappa shape index (κ2) is 7.62. The van der Waals surface area contributed by atoms with Gasteiger partial charge >= 0.3 is 0 Å². The molecule has 2 N–H and O–H groups in total. The zero-order valence-corrected chi connectivity index (χ0v) is 16.6. The van der Waals surface area contributed by atoms with E-state index < -0.39 is 0 Å². The number of aromatic nitrogens is 2. The molecule has 3 rings (SSSR count). The van der Waals surface area contributed by atoms with E-state index in [0.29, 0.717) is 18.5 Å². The molecule has 1 aliphatic carbocycles. The highest BCUT2D eigenvalue weighted by molar-refractivity contribution is 5.92. The van der Waals surface area contributed by atoms with Gasteiger partial charge in [-0.25, -0.2) is 0 Å². The molecule has 1 fully saturated rings. The van der Waals surface area contributed by atoms with Crippen LogP contribution in [-0.4, -0.2) is 28.3 Å². The molecule has 1 aromatic carbocycles. The molecule has 1 saturated carbocycles. The fraction of sp³-hybridized carbons (Fsp3) is 0.524. The van der Waals surface area contributed by atoms with E-state index in [1.807, 2.05) is 25.6 Å². The molecule has 140 valence electrons. The maximum Gasteiger partial charge on any atom is 0.279 e. The van der Waals surface area contributed by atoms with Gasteiger partial charge in [-0.15, -0.1) is 0 Å². The number of hydrogen-bond donors (Lipinski definition) is 2. The lowest BCUT2D eigenvalue weighted by atomic mass is 10.0. The van der Waals surface area contributed by atoms with Gasteiger partial charge in [-0.1, -0.05) is 38.1 Å². The van der Waals surface area contributed by atoms with Gasteiger partial charge in [0.2, 0.25) is 0 Å². The SMILES string of the molecule is Cc1nn(C)c(C)c1NC(=O)C[NH+](Cc1ccc(C(C)C)cc1)C1CC1. The van der Waals surface area contributed by atoms with Gasteiger partial charge < -0.3 is 10.2 Å². The van der Waals surface area contributed by atoms with E-state index in [-0.39, 0.29) is 5.91 Å². The number of carbonyl (C=O) groups is 1. The summed E-state index contributed by atoms with van der Waals surface area (Å²) in [6.07, 6.45) is 2.44. The van der Waals surface area contributed by atoms with Crippen molar-refractivity contribution in [1.82, 2.24) is 9.78 Å². The third kappa shape index (κ3) is 4.33. The number of anilines is 1. The zero-order chi connectivity index (χ0) is 18.8. The second-order valence-electron chi connectivity index (χ2n) is 7.90. The lowest BCUT2D eigenvalue weighted by Gasteiger charge is -2.19. The normalized spacial score (nSPS) is 15.3. The van der Waals surface area contributed by atoms with Crippen LogP contribution in [-0.2, 0) is 18.4 Å². The Hall–Kier alpha value is -2.14. The summed E-state index contributed by atoms with van der Waals surface area (Å²) in [5, 5.41) is 7.45. The third-order valence-electron chi connectivity index (χ3n) is 5.39. The second-order valence-corrected chi connectivity index (χ2v) is 7.90. The lowest BCUT2D eigenvalue weighted by Crippen LogP contribution is -3.13. The van der Waals surface area contributed by atoms with Crippen molar-refractivity contribution in [3.63, 3.8) is 0 Å². The molecule has 0 aliphatic heterocycles. The highest BCUT2D eigenvalue weighted by atomic mass is 16.2. The Morgan fingerprint density at radius 3 is 2.42 bits per heavy atom. The number of nitrogens with zero attached hydrogens (tertiary/aromatic N) is 2. The highest BCUT2D eigenvalue weighted by Crippen LogP contribution is 2.19. The van der Waals surface area contributed by atoms with Gasteiger partial charge in [0.15, 0.2) is 6.54 Å². The first kappa shape index (κ1) is 18.6. The maximum atomic E-state index is 12.6. The maximum absolute atomic E-state index is 12.6. The van der Waals surface area contributed by atoms with Crippen LogP contribution in [0.5, 0.6) is 0 Å². The van der Waals surface area contributed by atoms with Crippen molar-refractivity contribution in [2.24, 2.45) is 7.05 Å². The Labute approximate surface area is 156 Å². The number of aryl methyl sites for hydroxylation is 2. The largest absolute Gasteiger partial charge is 0.321 e. The number of amides is 1. The first-order valence-electron chi connectivity index (χ1n) is 9.58. The minimum Gasteiger partial charge on any atom is -0.321 e. The quantitative estimate of drug-likeness (QED) is 0.801. The van der Waals surface area contributed by atoms with Gasteiger partial charge in [0.05, 0.1) is 23.1 Å². The monoisotopic (exact) mass is 355 g/mol. The van der Waals surface area contributed by atoms with E-state index in [4.69, 9.17) is 0 Å². The molecule has 0 bridgehead atoms. The van der Waals surface area contributed by atoms with E-state index in [2.05, 4.69) is 48.5 Å². The van der Waals surface area contributed by atoms with Crippen molar-refractivity contribution < 1.29 is 9.69 Å². The summed E-state index contributed by atoms with van der Waals surface area (Å²) in [4.78, 5) is 14.0. The fourth-order valence-electron chi connectivity index (χ4n) is 3.47. The first-order chi connectivity index (χ1) is 12.3. The predicted molar refractivity (Wildman–Crippen MR) is 104 cm³/mol. The van der Waals surface area contributed by atoms with Crippen molar-refractivity contribution >= 4 is 11.6 Å². The molecule has 5 nitrogen and oxygen atoms in total. The molecule has 1 aliphatic rings. The summed E-state index contributed by atoms with van der Waals surface area (Å²) in [6, 6.07) is 9.47. The van der Waals surface area contributed by atoms with Gasteiger partial charge in [0, 0.05) is 25.5 Å². The average Bonchev–Trinajstić information content (AvgIpc) is 3.40.